The number of Topliss-reactive ketones (excluding diaryl/α,β-unsaturated/α-hetero) is 1. The first-order valence-electron chi connectivity index (χ1n) is 6.56. The highest BCUT2D eigenvalue weighted by atomic mass is 17.2. The SMILES string of the molecule is CCCC(=O)C(C)C(C)(OOC(C)(C)C)C(=O)OC. The third-order valence-corrected chi connectivity index (χ3v) is 2.86. The van der Waals surface area contributed by atoms with E-state index in [1.165, 1.54) is 14.0 Å². The first-order valence-corrected chi connectivity index (χ1v) is 6.56. The summed E-state index contributed by atoms with van der Waals surface area (Å²) in [6.45, 7) is 10.5. The first-order chi connectivity index (χ1) is 8.58. The molecule has 0 fully saturated rings. The molecule has 112 valence electrons. The number of carbonyl (C=O) groups is 2. The minimum Gasteiger partial charge on any atom is -0.467 e. The van der Waals surface area contributed by atoms with E-state index in [9.17, 15) is 9.59 Å². The van der Waals surface area contributed by atoms with E-state index in [-0.39, 0.29) is 5.78 Å². The van der Waals surface area contributed by atoms with Gasteiger partial charge in [-0.15, -0.1) is 0 Å². The Balaban J connectivity index is 5.07. The number of hydrogen-bond donors (Lipinski definition) is 0. The number of ether oxygens (including phenoxy) is 1. The van der Waals surface area contributed by atoms with Crippen LogP contribution in [0.2, 0.25) is 0 Å². The summed E-state index contributed by atoms with van der Waals surface area (Å²) >= 11 is 0. The maximum absolute atomic E-state index is 12.0. The number of hydrogen-bond acceptors (Lipinski definition) is 5. The Morgan fingerprint density at radius 2 is 1.63 bits per heavy atom. The van der Waals surface area contributed by atoms with Crippen molar-refractivity contribution in [3.05, 3.63) is 0 Å². The second-order valence-electron chi connectivity index (χ2n) is 5.82. The van der Waals surface area contributed by atoms with Crippen LogP contribution in [-0.2, 0) is 24.1 Å². The fraction of sp³-hybridized carbons (Fsp3) is 0.857. The number of methoxy groups -OCH3 is 1. The summed E-state index contributed by atoms with van der Waals surface area (Å²) in [5.41, 5.74) is -2.02. The van der Waals surface area contributed by atoms with Crippen molar-refractivity contribution in [2.24, 2.45) is 5.92 Å². The molecule has 0 spiro atoms. The predicted molar refractivity (Wildman–Crippen MR) is 71.4 cm³/mol. The summed E-state index contributed by atoms with van der Waals surface area (Å²) in [6.07, 6.45) is 1.12. The summed E-state index contributed by atoms with van der Waals surface area (Å²) in [6, 6.07) is 0. The van der Waals surface area contributed by atoms with E-state index in [0.717, 1.165) is 6.42 Å². The van der Waals surface area contributed by atoms with E-state index in [2.05, 4.69) is 0 Å². The average Bonchev–Trinajstić information content (AvgIpc) is 2.33. The molecular formula is C14H26O5. The zero-order valence-electron chi connectivity index (χ0n) is 13.0. The molecule has 0 heterocycles. The molecule has 0 rings (SSSR count). The van der Waals surface area contributed by atoms with Crippen LogP contribution in [-0.4, -0.2) is 30.1 Å². The molecule has 2 atom stereocenters. The molecule has 0 radical (unpaired) electrons. The van der Waals surface area contributed by atoms with Crippen molar-refractivity contribution in [2.75, 3.05) is 7.11 Å². The first kappa shape index (κ1) is 18.1. The molecule has 19 heavy (non-hydrogen) atoms. The Bertz CT molecular complexity index is 318. The van der Waals surface area contributed by atoms with Crippen LogP contribution in [0.3, 0.4) is 0 Å². The molecule has 0 aromatic rings. The van der Waals surface area contributed by atoms with E-state index in [1.54, 1.807) is 27.7 Å². The number of ketones is 1. The minimum absolute atomic E-state index is 0.0482. The van der Waals surface area contributed by atoms with Crippen molar-refractivity contribution in [2.45, 2.75) is 65.6 Å². The summed E-state index contributed by atoms with van der Waals surface area (Å²) < 4.78 is 4.73. The van der Waals surface area contributed by atoms with Gasteiger partial charge in [0.05, 0.1) is 18.6 Å². The van der Waals surface area contributed by atoms with Crippen LogP contribution in [0.4, 0.5) is 0 Å². The maximum atomic E-state index is 12.0. The van der Waals surface area contributed by atoms with Crippen LogP contribution in [0.25, 0.3) is 0 Å². The molecule has 5 heteroatoms. The summed E-state index contributed by atoms with van der Waals surface area (Å²) in [5.74, 6) is -1.30. The zero-order chi connectivity index (χ0) is 15.3. The third kappa shape index (κ3) is 5.28. The van der Waals surface area contributed by atoms with E-state index < -0.39 is 23.1 Å². The van der Waals surface area contributed by atoms with Gasteiger partial charge in [-0.2, -0.15) is 0 Å². The average molecular weight is 274 g/mol. The van der Waals surface area contributed by atoms with Crippen LogP contribution in [0, 0.1) is 5.92 Å². The fourth-order valence-corrected chi connectivity index (χ4v) is 1.47. The molecule has 2 unspecified atom stereocenters. The van der Waals surface area contributed by atoms with Crippen LogP contribution >= 0.6 is 0 Å². The van der Waals surface area contributed by atoms with Gasteiger partial charge in [-0.3, -0.25) is 4.79 Å². The van der Waals surface area contributed by atoms with Gasteiger partial charge in [0.1, 0.15) is 5.78 Å². The molecule has 0 amide bonds. The molecule has 0 aliphatic rings. The minimum atomic E-state index is -1.44. The van der Waals surface area contributed by atoms with Gasteiger partial charge in [-0.1, -0.05) is 13.8 Å². The topological polar surface area (TPSA) is 61.8 Å². The predicted octanol–water partition coefficient (Wildman–Crippen LogP) is 2.67. The molecule has 0 aliphatic heterocycles. The summed E-state index contributed by atoms with van der Waals surface area (Å²) in [4.78, 5) is 34.4. The highest BCUT2D eigenvalue weighted by molar-refractivity contribution is 5.90. The smallest absolute Gasteiger partial charge is 0.342 e. The Labute approximate surface area is 115 Å². The van der Waals surface area contributed by atoms with E-state index in [1.807, 2.05) is 6.92 Å². The van der Waals surface area contributed by atoms with Gasteiger partial charge < -0.3 is 4.74 Å². The van der Waals surface area contributed by atoms with Gasteiger partial charge in [-0.05, 0) is 34.1 Å². The molecule has 0 saturated heterocycles. The molecule has 0 saturated carbocycles. The van der Waals surface area contributed by atoms with Gasteiger partial charge in [0, 0.05) is 6.42 Å². The zero-order valence-corrected chi connectivity index (χ0v) is 13.0. The third-order valence-electron chi connectivity index (χ3n) is 2.86. The highest BCUT2D eigenvalue weighted by Gasteiger charge is 2.46. The lowest BCUT2D eigenvalue weighted by molar-refractivity contribution is -0.399. The highest BCUT2D eigenvalue weighted by Crippen LogP contribution is 2.28. The normalized spacial score (nSPS) is 16.6. The Hall–Kier alpha value is -0.940. The van der Waals surface area contributed by atoms with Crippen LogP contribution < -0.4 is 0 Å². The van der Waals surface area contributed by atoms with Crippen LogP contribution in [0.1, 0.15) is 54.4 Å². The molecule has 0 N–H and O–H groups in total. The van der Waals surface area contributed by atoms with Crippen molar-refractivity contribution < 1.29 is 24.1 Å². The van der Waals surface area contributed by atoms with Crippen molar-refractivity contribution in [1.82, 2.24) is 0 Å². The van der Waals surface area contributed by atoms with Crippen molar-refractivity contribution >= 4 is 11.8 Å². The molecule has 0 aromatic carbocycles. The van der Waals surface area contributed by atoms with Gasteiger partial charge in [0.15, 0.2) is 0 Å². The van der Waals surface area contributed by atoms with Crippen molar-refractivity contribution in [3.63, 3.8) is 0 Å². The number of carbonyl (C=O) groups excluding carboxylic acids is 2. The molecule has 0 aliphatic carbocycles. The molecule has 0 aromatic heterocycles. The quantitative estimate of drug-likeness (QED) is 0.406. The van der Waals surface area contributed by atoms with Crippen molar-refractivity contribution in [3.8, 4) is 0 Å². The van der Waals surface area contributed by atoms with Crippen molar-refractivity contribution in [1.29, 1.82) is 0 Å². The number of esters is 1. The maximum Gasteiger partial charge on any atom is 0.342 e. The van der Waals surface area contributed by atoms with Crippen LogP contribution in [0.15, 0.2) is 0 Å². The largest absolute Gasteiger partial charge is 0.467 e. The van der Waals surface area contributed by atoms with E-state index >= 15 is 0 Å². The van der Waals surface area contributed by atoms with Gasteiger partial charge in [0.2, 0.25) is 5.60 Å². The van der Waals surface area contributed by atoms with E-state index in [4.69, 9.17) is 14.5 Å². The Kier molecular flexibility index (Phi) is 6.66. The molecule has 5 nitrogen and oxygen atoms in total. The lowest BCUT2D eigenvalue weighted by atomic mass is 9.85. The lowest BCUT2D eigenvalue weighted by Crippen LogP contribution is -2.49. The standard InChI is InChI=1S/C14H26O5/c1-8-9-11(15)10(2)14(6,12(16)17-7)19-18-13(3,4)5/h10H,8-9H2,1-7H3. The van der Waals surface area contributed by atoms with Gasteiger partial charge in [0.25, 0.3) is 0 Å². The number of rotatable bonds is 7. The van der Waals surface area contributed by atoms with Gasteiger partial charge >= 0.3 is 5.97 Å². The summed E-state index contributed by atoms with van der Waals surface area (Å²) in [7, 11) is 1.26. The Morgan fingerprint density at radius 1 is 1.11 bits per heavy atom. The van der Waals surface area contributed by atoms with E-state index in [0.29, 0.717) is 6.42 Å². The monoisotopic (exact) mass is 274 g/mol. The fourth-order valence-electron chi connectivity index (χ4n) is 1.47. The second-order valence-corrected chi connectivity index (χ2v) is 5.82. The molecular weight excluding hydrogens is 248 g/mol. The lowest BCUT2D eigenvalue weighted by Gasteiger charge is -2.33. The summed E-state index contributed by atoms with van der Waals surface area (Å²) in [5, 5.41) is 0. The Morgan fingerprint density at radius 3 is 2.00 bits per heavy atom. The second kappa shape index (κ2) is 7.01. The van der Waals surface area contributed by atoms with Crippen LogP contribution in [0.5, 0.6) is 0 Å². The molecule has 0 bridgehead atoms. The van der Waals surface area contributed by atoms with Gasteiger partial charge in [-0.25, -0.2) is 14.6 Å².